The van der Waals surface area contributed by atoms with E-state index in [1.807, 2.05) is 18.2 Å². The average Bonchev–Trinajstić information content (AvgIpc) is 3.60. The maximum atomic E-state index is 12.7. The molecule has 2 aliphatic rings. The van der Waals surface area contributed by atoms with Crippen molar-refractivity contribution in [3.05, 3.63) is 36.0 Å². The molecule has 4 rings (SSSR count). The molecule has 0 radical (unpaired) electrons. The minimum Gasteiger partial charge on any atom is -0.444 e. The summed E-state index contributed by atoms with van der Waals surface area (Å²) in [7, 11) is -3.34. The summed E-state index contributed by atoms with van der Waals surface area (Å²) in [5, 5.41) is 2.72. The number of aromatic nitrogens is 2. The van der Waals surface area contributed by atoms with Gasteiger partial charge in [-0.2, -0.15) is 0 Å². The Morgan fingerprint density at radius 3 is 2.49 bits per heavy atom. The lowest BCUT2D eigenvalue weighted by Crippen LogP contribution is -2.45. The van der Waals surface area contributed by atoms with Gasteiger partial charge in [-0.25, -0.2) is 23.2 Å². The summed E-state index contributed by atoms with van der Waals surface area (Å²) in [5.41, 5.74) is 1.25. The number of hydrogen-bond donors (Lipinski definition) is 1. The normalized spacial score (nSPS) is 19.8. The molecule has 0 bridgehead atoms. The van der Waals surface area contributed by atoms with Gasteiger partial charge in [0, 0.05) is 30.1 Å². The molecule has 9 nitrogen and oxygen atoms in total. The number of rotatable bonds is 6. The van der Waals surface area contributed by atoms with Gasteiger partial charge in [-0.1, -0.05) is 6.92 Å². The second-order valence-electron chi connectivity index (χ2n) is 10.2. The summed E-state index contributed by atoms with van der Waals surface area (Å²) in [5.74, 6) is 1.17. The fourth-order valence-electron chi connectivity index (χ4n) is 4.29. The van der Waals surface area contributed by atoms with E-state index in [0.717, 1.165) is 12.0 Å². The van der Waals surface area contributed by atoms with Crippen LogP contribution in [0, 0.1) is 0 Å². The maximum absolute atomic E-state index is 12.7. The lowest BCUT2D eigenvalue weighted by Gasteiger charge is -2.36. The molecule has 0 unspecified atom stereocenters. The third kappa shape index (κ3) is 5.59. The molecule has 1 amide bonds. The summed E-state index contributed by atoms with van der Waals surface area (Å²) in [6.45, 7) is 9.39. The van der Waals surface area contributed by atoms with Crippen LogP contribution in [-0.2, 0) is 24.1 Å². The SMILES string of the molecule is CC[C@H]1COCCN1c1cc(C2(S(C)(=O)=O)CC2)nc(-c2ccc(NC(=O)OC(C)(C)C)cc2)n1. The number of carbonyl (C=O) groups excluding carboxylic acids is 1. The van der Waals surface area contributed by atoms with Crippen LogP contribution in [0.1, 0.15) is 52.7 Å². The Morgan fingerprint density at radius 2 is 1.91 bits per heavy atom. The Labute approximate surface area is 207 Å². The summed E-state index contributed by atoms with van der Waals surface area (Å²) in [6.07, 6.45) is 2.74. The van der Waals surface area contributed by atoms with E-state index in [1.54, 1.807) is 32.9 Å². The van der Waals surface area contributed by atoms with Crippen LogP contribution in [0.4, 0.5) is 16.3 Å². The molecule has 1 atom stereocenters. The molecule has 1 aromatic carbocycles. The molecule has 1 aromatic heterocycles. The highest BCUT2D eigenvalue weighted by Crippen LogP contribution is 2.52. The van der Waals surface area contributed by atoms with Gasteiger partial charge in [0.25, 0.3) is 0 Å². The highest BCUT2D eigenvalue weighted by Gasteiger charge is 2.55. The van der Waals surface area contributed by atoms with Crippen molar-refractivity contribution in [3.8, 4) is 11.4 Å². The average molecular weight is 503 g/mol. The number of anilines is 2. The van der Waals surface area contributed by atoms with E-state index in [0.29, 0.717) is 55.6 Å². The summed E-state index contributed by atoms with van der Waals surface area (Å²) in [4.78, 5) is 23.8. The number of carbonyl (C=O) groups is 1. The third-order valence-corrected chi connectivity index (χ3v) is 8.41. The van der Waals surface area contributed by atoms with Crippen LogP contribution in [0.15, 0.2) is 30.3 Å². The van der Waals surface area contributed by atoms with Crippen LogP contribution in [0.3, 0.4) is 0 Å². The van der Waals surface area contributed by atoms with Gasteiger partial charge in [0.05, 0.1) is 24.9 Å². The van der Waals surface area contributed by atoms with E-state index in [2.05, 4.69) is 17.1 Å². The van der Waals surface area contributed by atoms with Crippen molar-refractivity contribution in [1.82, 2.24) is 9.97 Å². The van der Waals surface area contributed by atoms with Crippen molar-refractivity contribution in [1.29, 1.82) is 0 Å². The molecule has 2 heterocycles. The zero-order valence-electron chi connectivity index (χ0n) is 21.0. The van der Waals surface area contributed by atoms with Crippen molar-refractivity contribution < 1.29 is 22.7 Å². The van der Waals surface area contributed by atoms with Crippen LogP contribution < -0.4 is 10.2 Å². The molecule has 1 N–H and O–H groups in total. The van der Waals surface area contributed by atoms with Gasteiger partial charge in [0.1, 0.15) is 16.2 Å². The van der Waals surface area contributed by atoms with Crippen molar-refractivity contribution in [2.24, 2.45) is 0 Å². The number of nitrogens with zero attached hydrogens (tertiary/aromatic N) is 3. The van der Waals surface area contributed by atoms with Gasteiger partial charge < -0.3 is 14.4 Å². The summed E-state index contributed by atoms with van der Waals surface area (Å²) >= 11 is 0. The van der Waals surface area contributed by atoms with Crippen LogP contribution in [-0.4, -0.2) is 62.1 Å². The Bertz CT molecular complexity index is 1190. The second kappa shape index (κ2) is 9.39. The van der Waals surface area contributed by atoms with Crippen molar-refractivity contribution in [3.63, 3.8) is 0 Å². The van der Waals surface area contributed by atoms with E-state index in [9.17, 15) is 13.2 Å². The smallest absolute Gasteiger partial charge is 0.412 e. The number of sulfone groups is 1. The summed E-state index contributed by atoms with van der Waals surface area (Å²) in [6, 6.07) is 9.13. The first-order chi connectivity index (χ1) is 16.4. The fraction of sp³-hybridized carbons (Fsp3) is 0.560. The quantitative estimate of drug-likeness (QED) is 0.628. The van der Waals surface area contributed by atoms with E-state index >= 15 is 0 Å². The molecule has 35 heavy (non-hydrogen) atoms. The second-order valence-corrected chi connectivity index (χ2v) is 12.6. The van der Waals surface area contributed by atoms with Crippen molar-refractivity contribution in [2.45, 2.75) is 63.3 Å². The molecule has 2 fully saturated rings. The number of benzene rings is 1. The molecule has 1 saturated carbocycles. The topological polar surface area (TPSA) is 111 Å². The van der Waals surface area contributed by atoms with Gasteiger partial charge in [-0.15, -0.1) is 0 Å². The highest BCUT2D eigenvalue weighted by molar-refractivity contribution is 7.91. The van der Waals surface area contributed by atoms with E-state index in [-0.39, 0.29) is 6.04 Å². The minimum absolute atomic E-state index is 0.160. The Kier molecular flexibility index (Phi) is 6.80. The fourth-order valence-corrected chi connectivity index (χ4v) is 5.62. The lowest BCUT2D eigenvalue weighted by atomic mass is 10.1. The third-order valence-electron chi connectivity index (χ3n) is 6.37. The first kappa shape index (κ1) is 25.4. The van der Waals surface area contributed by atoms with Gasteiger partial charge in [0.15, 0.2) is 15.7 Å². The van der Waals surface area contributed by atoms with E-state index < -0.39 is 26.3 Å². The van der Waals surface area contributed by atoms with Gasteiger partial charge in [-0.3, -0.25) is 5.32 Å². The Hall–Kier alpha value is -2.72. The number of hydrogen-bond acceptors (Lipinski definition) is 8. The first-order valence-corrected chi connectivity index (χ1v) is 13.8. The molecule has 1 saturated heterocycles. The number of morpholine rings is 1. The molecule has 0 spiro atoms. The predicted octanol–water partition coefficient (Wildman–Crippen LogP) is 4.14. The summed E-state index contributed by atoms with van der Waals surface area (Å²) < 4.78 is 35.3. The van der Waals surface area contributed by atoms with Gasteiger partial charge in [-0.05, 0) is 64.3 Å². The Morgan fingerprint density at radius 1 is 1.23 bits per heavy atom. The molecule has 2 aromatic rings. The van der Waals surface area contributed by atoms with Crippen molar-refractivity contribution >= 4 is 27.4 Å². The first-order valence-electron chi connectivity index (χ1n) is 12.0. The molecule has 1 aliphatic heterocycles. The molecule has 10 heteroatoms. The van der Waals surface area contributed by atoms with Crippen LogP contribution in [0.2, 0.25) is 0 Å². The van der Waals surface area contributed by atoms with Crippen LogP contribution in [0.5, 0.6) is 0 Å². The van der Waals surface area contributed by atoms with E-state index in [1.165, 1.54) is 6.26 Å². The molecular weight excluding hydrogens is 468 g/mol. The monoisotopic (exact) mass is 502 g/mol. The standard InChI is InChI=1S/C25H34N4O5S/c1-6-19-16-33-14-13-29(19)21-15-20(25(11-12-25)35(5,31)32)27-22(28-21)17-7-9-18(10-8-17)26-23(30)34-24(2,3)4/h7-10,15,19H,6,11-14,16H2,1-5H3,(H,26,30)/t19-/m0/s1. The zero-order valence-corrected chi connectivity index (χ0v) is 21.8. The predicted molar refractivity (Wildman–Crippen MR) is 135 cm³/mol. The number of nitrogens with one attached hydrogen (secondary N) is 1. The van der Waals surface area contributed by atoms with Crippen LogP contribution >= 0.6 is 0 Å². The Balaban J connectivity index is 1.69. The highest BCUT2D eigenvalue weighted by atomic mass is 32.2. The number of amides is 1. The van der Waals surface area contributed by atoms with Gasteiger partial charge in [0.2, 0.25) is 0 Å². The largest absolute Gasteiger partial charge is 0.444 e. The maximum Gasteiger partial charge on any atom is 0.412 e. The zero-order chi connectivity index (χ0) is 25.4. The molecule has 1 aliphatic carbocycles. The minimum atomic E-state index is -3.34. The molecular formula is C25H34N4O5S. The number of ether oxygens (including phenoxy) is 2. The van der Waals surface area contributed by atoms with Crippen molar-refractivity contribution in [2.75, 3.05) is 36.2 Å². The molecule has 190 valence electrons. The van der Waals surface area contributed by atoms with Crippen LogP contribution in [0.25, 0.3) is 11.4 Å². The van der Waals surface area contributed by atoms with Gasteiger partial charge >= 0.3 is 6.09 Å². The van der Waals surface area contributed by atoms with E-state index in [4.69, 9.17) is 19.4 Å². The lowest BCUT2D eigenvalue weighted by molar-refractivity contribution is 0.0636.